The first-order valence-corrected chi connectivity index (χ1v) is 21.5. The van der Waals surface area contributed by atoms with E-state index in [0.717, 1.165) is 61.3 Å². The molecule has 63 heavy (non-hydrogen) atoms. The van der Waals surface area contributed by atoms with E-state index in [9.17, 15) is 5.11 Å². The summed E-state index contributed by atoms with van der Waals surface area (Å²) in [6.07, 6.45) is 1.83. The predicted octanol–water partition coefficient (Wildman–Crippen LogP) is 15.7. The Hall–Kier alpha value is -5.57. The van der Waals surface area contributed by atoms with Crippen LogP contribution in [0.3, 0.4) is 0 Å². The minimum Gasteiger partial charge on any atom is -0.507 e. The van der Waals surface area contributed by atoms with Gasteiger partial charge in [0.2, 0.25) is 0 Å². The molecule has 0 aliphatic carbocycles. The zero-order valence-corrected chi connectivity index (χ0v) is 40.5. The van der Waals surface area contributed by atoms with Crippen LogP contribution in [0.25, 0.3) is 72.7 Å². The Morgan fingerprint density at radius 3 is 1.94 bits per heavy atom. The van der Waals surface area contributed by atoms with E-state index in [4.69, 9.17) is 16.8 Å². The molecule has 8 aromatic rings. The number of para-hydroxylation sites is 1. The van der Waals surface area contributed by atoms with Crippen molar-refractivity contribution in [2.24, 2.45) is 0 Å². The normalized spacial score (nSPS) is 13.7. The van der Waals surface area contributed by atoms with E-state index < -0.39 is 18.6 Å². The van der Waals surface area contributed by atoms with Crippen LogP contribution in [0, 0.1) is 19.8 Å². The number of pyridine rings is 1. The molecule has 0 amide bonds. The molecule has 0 saturated heterocycles. The summed E-state index contributed by atoms with van der Waals surface area (Å²) < 4.78 is 46.8. The average molecular weight is 1020 g/mol. The summed E-state index contributed by atoms with van der Waals surface area (Å²) in [7, 11) is 0. The molecule has 0 bridgehead atoms. The summed E-state index contributed by atoms with van der Waals surface area (Å²) >= 11 is 0. The van der Waals surface area contributed by atoms with Gasteiger partial charge in [-0.1, -0.05) is 159 Å². The van der Waals surface area contributed by atoms with Gasteiger partial charge in [-0.25, -0.2) is 4.98 Å². The number of nitrogens with zero attached hydrogens (tertiary/aromatic N) is 3. The van der Waals surface area contributed by atoms with Crippen molar-refractivity contribution in [3.63, 3.8) is 0 Å². The number of rotatable bonds is 8. The van der Waals surface area contributed by atoms with Gasteiger partial charge in [-0.3, -0.25) is 9.55 Å². The van der Waals surface area contributed by atoms with Crippen LogP contribution in [-0.2, 0) is 31.9 Å². The van der Waals surface area contributed by atoms with Crippen LogP contribution >= 0.6 is 0 Å². The third kappa shape index (κ3) is 9.11. The van der Waals surface area contributed by atoms with Crippen LogP contribution in [0.5, 0.6) is 5.75 Å². The first-order valence-electron chi connectivity index (χ1n) is 24.0. The number of phenols is 1. The molecule has 0 fully saturated rings. The minimum absolute atomic E-state index is 0. The third-order valence-corrected chi connectivity index (χ3v) is 11.9. The van der Waals surface area contributed by atoms with Crippen molar-refractivity contribution >= 4 is 11.0 Å². The summed E-state index contributed by atoms with van der Waals surface area (Å²) in [6.45, 7) is 19.5. The van der Waals surface area contributed by atoms with Gasteiger partial charge in [-0.05, 0) is 117 Å². The molecule has 0 aliphatic rings. The number of aromatic hydroxyl groups is 1. The van der Waals surface area contributed by atoms with Gasteiger partial charge in [0.25, 0.3) is 0 Å². The molecule has 0 spiro atoms. The number of hydrogen-bond acceptors (Lipinski definition) is 3. The molecule has 0 radical (unpaired) electrons. The molecule has 0 aliphatic heterocycles. The number of aromatic nitrogens is 3. The molecule has 324 valence electrons. The van der Waals surface area contributed by atoms with Gasteiger partial charge < -0.3 is 5.11 Å². The Bertz CT molecular complexity index is 3150. The van der Waals surface area contributed by atoms with Crippen LogP contribution in [-0.4, -0.2) is 19.6 Å². The second kappa shape index (κ2) is 17.5. The fourth-order valence-corrected chi connectivity index (χ4v) is 8.08. The summed E-state index contributed by atoms with van der Waals surface area (Å²) in [6, 6.07) is 43.5. The molecule has 2 aromatic heterocycles. The molecule has 2 heterocycles. The van der Waals surface area contributed by atoms with E-state index in [1.54, 1.807) is 6.07 Å². The van der Waals surface area contributed by atoms with E-state index in [0.29, 0.717) is 39.2 Å². The van der Waals surface area contributed by atoms with Crippen molar-refractivity contribution in [1.29, 1.82) is 0 Å². The van der Waals surface area contributed by atoms with Crippen molar-refractivity contribution < 1.29 is 33.0 Å². The maximum absolute atomic E-state index is 12.0. The summed E-state index contributed by atoms with van der Waals surface area (Å²) in [4.78, 5) is 10.3. The smallest absolute Gasteiger partial charge is 0.148 e. The molecule has 5 heteroatoms. The second-order valence-corrected chi connectivity index (χ2v) is 19.2. The Balaban J connectivity index is 0.00000684. The average Bonchev–Trinajstić information content (AvgIpc) is 3.65. The van der Waals surface area contributed by atoms with Crippen LogP contribution < -0.4 is 0 Å². The number of hydrogen-bond donors (Lipinski definition) is 1. The molecule has 1 N–H and O–H groups in total. The standard InChI is InChI=1S/C58H60N3O.Pt/c1-35(2)42-27-43(36(3)4)29-44(28-42)40-21-22-52(37(5)25-40)61-53-20-16-19-49(54(53)60-56(61)50-34-47(57(7,8)9)26-38(6)55(50)62)45-30-46(32-48(31-45)58(10,11)12)51-33-41(23-24-59-51)39-17-14-13-15-18-39;/h13-29,31-36,62H,1-12H3;/q-1;/i5D3,35D,36D;. The SMILES string of the molecule is [2H]C([2H])([2H])c1cc(-c2cc(C([2H])(C)C)cc(C([2H])(C)C)c2)ccc1-n1c(-c2cc(C(C)(C)C)cc(C)c2O)nc2c(-c3[c-]c(-c4cc(-c5ccccc5)ccn4)cc(C(C)(C)C)c3)cccc21.[Pt]. The minimum atomic E-state index is -2.59. The Morgan fingerprint density at radius 2 is 1.29 bits per heavy atom. The molecular weight excluding hydrogens is 950 g/mol. The number of benzene rings is 6. The maximum atomic E-state index is 12.0. The van der Waals surface area contributed by atoms with Crippen molar-refractivity contribution in [2.75, 3.05) is 0 Å². The van der Waals surface area contributed by atoms with Gasteiger partial charge in [0.05, 0.1) is 22.3 Å². The van der Waals surface area contributed by atoms with Crippen molar-refractivity contribution in [3.05, 3.63) is 167 Å². The van der Waals surface area contributed by atoms with Gasteiger partial charge in [0.15, 0.2) is 0 Å². The Morgan fingerprint density at radius 1 is 0.635 bits per heavy atom. The summed E-state index contributed by atoms with van der Waals surface area (Å²) in [5, 5.41) is 12.0. The van der Waals surface area contributed by atoms with E-state index >= 15 is 0 Å². The first-order chi connectivity index (χ1) is 31.2. The van der Waals surface area contributed by atoms with Gasteiger partial charge in [-0.2, -0.15) is 0 Å². The molecule has 6 aromatic carbocycles. The van der Waals surface area contributed by atoms with Crippen molar-refractivity contribution in [2.45, 2.75) is 106 Å². The number of aryl methyl sites for hydroxylation is 2. The largest absolute Gasteiger partial charge is 0.507 e. The first kappa shape index (κ1) is 39.1. The molecular formula is C58H60N3OPt-. The van der Waals surface area contributed by atoms with Crippen LogP contribution in [0.4, 0.5) is 0 Å². The van der Waals surface area contributed by atoms with Crippen LogP contribution in [0.2, 0.25) is 0 Å². The predicted molar refractivity (Wildman–Crippen MR) is 262 cm³/mol. The fourth-order valence-electron chi connectivity index (χ4n) is 8.08. The van der Waals surface area contributed by atoms with Gasteiger partial charge in [-0.15, -0.1) is 29.3 Å². The van der Waals surface area contributed by atoms with E-state index in [1.807, 2.05) is 130 Å². The second-order valence-electron chi connectivity index (χ2n) is 19.2. The van der Waals surface area contributed by atoms with Gasteiger partial charge in [0, 0.05) is 39.8 Å². The quantitative estimate of drug-likeness (QED) is 0.154. The van der Waals surface area contributed by atoms with E-state index in [1.165, 1.54) is 0 Å². The monoisotopic (exact) mass is 1010 g/mol. The number of imidazole rings is 1. The Kier molecular flexibility index (Phi) is 10.9. The van der Waals surface area contributed by atoms with Crippen LogP contribution in [0.1, 0.15) is 121 Å². The molecule has 0 saturated carbocycles. The Labute approximate surface area is 396 Å². The number of fused-ring (bicyclic) bond motifs is 1. The topological polar surface area (TPSA) is 50.9 Å². The molecule has 0 unspecified atom stereocenters. The van der Waals surface area contributed by atoms with Crippen molar-refractivity contribution in [1.82, 2.24) is 14.5 Å². The van der Waals surface area contributed by atoms with E-state index in [2.05, 4.69) is 77.9 Å². The maximum Gasteiger partial charge on any atom is 0.148 e. The van der Waals surface area contributed by atoms with E-state index in [-0.39, 0.29) is 43.2 Å². The number of phenolic OH excluding ortho intramolecular Hbond substituents is 1. The van der Waals surface area contributed by atoms with Gasteiger partial charge >= 0.3 is 0 Å². The summed E-state index contributed by atoms with van der Waals surface area (Å²) in [5.74, 6) is -1.46. The molecule has 0 atom stereocenters. The van der Waals surface area contributed by atoms with Gasteiger partial charge in [0.1, 0.15) is 11.6 Å². The molecule has 4 nitrogen and oxygen atoms in total. The van der Waals surface area contributed by atoms with Crippen LogP contribution in [0.15, 0.2) is 128 Å². The zero-order chi connectivity index (χ0) is 48.6. The van der Waals surface area contributed by atoms with Crippen molar-refractivity contribution in [3.8, 4) is 67.5 Å². The fraction of sp³-hybridized carbons (Fsp3) is 0.276. The zero-order valence-electron chi connectivity index (χ0n) is 43.2. The third-order valence-electron chi connectivity index (χ3n) is 11.9. The summed E-state index contributed by atoms with van der Waals surface area (Å²) in [5.41, 5.74) is 12.7. The molecule has 8 rings (SSSR count).